The minimum absolute atomic E-state index is 0.366. The highest BCUT2D eigenvalue weighted by Crippen LogP contribution is 2.12. The lowest BCUT2D eigenvalue weighted by Gasteiger charge is -2.27. The average molecular weight is 527 g/mol. The minimum atomic E-state index is -0.402. The van der Waals surface area contributed by atoms with Crippen molar-refractivity contribution in [3.63, 3.8) is 0 Å². The third-order valence-electron chi connectivity index (χ3n) is 6.67. The van der Waals surface area contributed by atoms with Gasteiger partial charge in [0.1, 0.15) is 11.4 Å². The van der Waals surface area contributed by atoms with Gasteiger partial charge in [0.15, 0.2) is 0 Å². The summed E-state index contributed by atoms with van der Waals surface area (Å²) < 4.78 is 9.78. The molecule has 38 heavy (non-hydrogen) atoms. The summed E-state index contributed by atoms with van der Waals surface area (Å²) in [5.41, 5.74) is 4.67. The summed E-state index contributed by atoms with van der Waals surface area (Å²) in [6.45, 7) is 12.4. The second-order valence-electron chi connectivity index (χ2n) is 9.45. The number of rotatable bonds is 8. The van der Waals surface area contributed by atoms with E-state index in [2.05, 4.69) is 56.4 Å². The van der Waals surface area contributed by atoms with Crippen molar-refractivity contribution in [2.24, 2.45) is 0 Å². The van der Waals surface area contributed by atoms with E-state index >= 15 is 0 Å². The lowest BCUT2D eigenvalue weighted by molar-refractivity contribution is 0.0584. The second-order valence-corrected chi connectivity index (χ2v) is 9.45. The van der Waals surface area contributed by atoms with Gasteiger partial charge >= 0.3 is 11.9 Å². The predicted molar refractivity (Wildman–Crippen MR) is 146 cm³/mol. The largest absolute Gasteiger partial charge is 0.464 e. The molecule has 2 aromatic rings. The van der Waals surface area contributed by atoms with Gasteiger partial charge in [0.05, 0.1) is 25.6 Å². The number of aryl methyl sites for hydroxylation is 2. The van der Waals surface area contributed by atoms with Crippen LogP contribution in [0.3, 0.4) is 0 Å². The number of carbonyl (C=O) groups excluding carboxylic acids is 2. The van der Waals surface area contributed by atoms with Crippen molar-refractivity contribution in [2.75, 3.05) is 66.6 Å². The highest BCUT2D eigenvalue weighted by atomic mass is 16.5. The monoisotopic (exact) mass is 526 g/mol. The molecule has 10 heteroatoms. The number of nitrogens with zero attached hydrogens (tertiary/aromatic N) is 4. The second kappa shape index (κ2) is 15.5. The zero-order valence-electron chi connectivity index (χ0n) is 23.2. The van der Waals surface area contributed by atoms with E-state index in [9.17, 15) is 9.59 Å². The van der Waals surface area contributed by atoms with Crippen molar-refractivity contribution in [1.29, 1.82) is 0 Å². The molecule has 3 rings (SSSR count). The molecule has 0 radical (unpaired) electrons. The van der Waals surface area contributed by atoms with Gasteiger partial charge in [-0.3, -0.25) is 9.80 Å². The van der Waals surface area contributed by atoms with Crippen LogP contribution in [0.5, 0.6) is 0 Å². The first kappa shape index (κ1) is 29.6. The van der Waals surface area contributed by atoms with Gasteiger partial charge in [0, 0.05) is 65.4 Å². The quantitative estimate of drug-likeness (QED) is 0.493. The van der Waals surface area contributed by atoms with E-state index in [4.69, 9.17) is 9.47 Å². The molecule has 1 fully saturated rings. The zero-order chi connectivity index (χ0) is 27.3. The van der Waals surface area contributed by atoms with Crippen molar-refractivity contribution in [3.8, 4) is 0 Å². The maximum Gasteiger partial charge on any atom is 0.356 e. The van der Waals surface area contributed by atoms with E-state index in [1.807, 2.05) is 12.1 Å². The van der Waals surface area contributed by atoms with E-state index in [1.165, 1.54) is 14.2 Å². The van der Waals surface area contributed by atoms with E-state index in [0.29, 0.717) is 24.5 Å². The molecule has 0 aromatic carbocycles. The van der Waals surface area contributed by atoms with Crippen LogP contribution < -0.4 is 10.6 Å². The standard InChI is InChI=1S/C28H42N6O4/c1-5-21-15-23(31-25(17-21)27(35)37-3)19-33-11-7-29-9-13-34(14-10-30-8-12-33)20-24-16-22(6-2)18-26(32-24)28(36)38-4/h15-18,29-30H,5-14,19-20H2,1-4H3. The lowest BCUT2D eigenvalue weighted by Crippen LogP contribution is -2.43. The van der Waals surface area contributed by atoms with Crippen LogP contribution >= 0.6 is 0 Å². The summed E-state index contributed by atoms with van der Waals surface area (Å²) in [5.74, 6) is -0.803. The number of hydrogen-bond acceptors (Lipinski definition) is 10. The topological polar surface area (TPSA) is 109 Å². The van der Waals surface area contributed by atoms with E-state index in [0.717, 1.165) is 87.7 Å². The van der Waals surface area contributed by atoms with Crippen molar-refractivity contribution < 1.29 is 19.1 Å². The Kier molecular flexibility index (Phi) is 12.1. The van der Waals surface area contributed by atoms with Gasteiger partial charge in [-0.25, -0.2) is 19.6 Å². The SMILES string of the molecule is CCc1cc(CN2CCNCCN(Cc3cc(CC)cc(C(=O)OC)n3)CCNCC2)nc(C(=O)OC)c1. The Morgan fingerprint density at radius 3 is 1.39 bits per heavy atom. The number of ether oxygens (including phenoxy) is 2. The molecule has 0 unspecified atom stereocenters. The van der Waals surface area contributed by atoms with Gasteiger partial charge < -0.3 is 20.1 Å². The Bertz CT molecular complexity index is 968. The van der Waals surface area contributed by atoms with Crippen LogP contribution in [0.2, 0.25) is 0 Å². The van der Waals surface area contributed by atoms with Crippen LogP contribution in [0.25, 0.3) is 0 Å². The number of carbonyl (C=O) groups is 2. The average Bonchev–Trinajstić information content (AvgIpc) is 2.94. The molecule has 3 heterocycles. The molecule has 0 atom stereocenters. The van der Waals surface area contributed by atoms with Gasteiger partial charge in [0.25, 0.3) is 0 Å². The number of pyridine rings is 2. The number of nitrogens with one attached hydrogen (secondary N) is 2. The van der Waals surface area contributed by atoms with Crippen LogP contribution in [-0.4, -0.2) is 98.3 Å². The van der Waals surface area contributed by atoms with E-state index in [1.54, 1.807) is 0 Å². The summed E-state index contributed by atoms with van der Waals surface area (Å²) in [6.07, 6.45) is 1.67. The molecule has 0 saturated carbocycles. The van der Waals surface area contributed by atoms with Crippen LogP contribution in [-0.2, 0) is 35.4 Å². The van der Waals surface area contributed by atoms with Gasteiger partial charge in [-0.15, -0.1) is 0 Å². The van der Waals surface area contributed by atoms with Crippen LogP contribution in [0.15, 0.2) is 24.3 Å². The van der Waals surface area contributed by atoms with Gasteiger partial charge in [0.2, 0.25) is 0 Å². The fourth-order valence-corrected chi connectivity index (χ4v) is 4.49. The van der Waals surface area contributed by atoms with Gasteiger partial charge in [-0.2, -0.15) is 0 Å². The molecule has 1 saturated heterocycles. The fraction of sp³-hybridized carbons (Fsp3) is 0.571. The molecule has 0 amide bonds. The summed E-state index contributed by atoms with van der Waals surface area (Å²) >= 11 is 0. The molecule has 2 N–H and O–H groups in total. The van der Waals surface area contributed by atoms with Crippen LogP contribution in [0.4, 0.5) is 0 Å². The first-order valence-corrected chi connectivity index (χ1v) is 13.5. The van der Waals surface area contributed by atoms with Gasteiger partial charge in [-0.05, 0) is 48.2 Å². The minimum Gasteiger partial charge on any atom is -0.464 e. The highest BCUT2D eigenvalue weighted by molar-refractivity contribution is 5.87. The van der Waals surface area contributed by atoms with Crippen LogP contribution in [0, 0.1) is 0 Å². The summed E-state index contributed by atoms with van der Waals surface area (Å²) in [6, 6.07) is 7.78. The molecule has 1 aliphatic rings. The first-order chi connectivity index (χ1) is 18.4. The molecular formula is C28H42N6O4. The van der Waals surface area contributed by atoms with Crippen molar-refractivity contribution in [3.05, 3.63) is 58.2 Å². The first-order valence-electron chi connectivity index (χ1n) is 13.5. The third-order valence-corrected chi connectivity index (χ3v) is 6.67. The molecular weight excluding hydrogens is 484 g/mol. The Labute approximate surface area is 226 Å². The number of methoxy groups -OCH3 is 2. The molecule has 208 valence electrons. The summed E-state index contributed by atoms with van der Waals surface area (Å²) in [7, 11) is 2.77. The Balaban J connectivity index is 1.59. The van der Waals surface area contributed by atoms with Crippen molar-refractivity contribution >= 4 is 11.9 Å². The number of esters is 2. The maximum atomic E-state index is 12.1. The van der Waals surface area contributed by atoms with Gasteiger partial charge in [-0.1, -0.05) is 13.8 Å². The normalized spacial score (nSPS) is 16.3. The maximum absolute atomic E-state index is 12.1. The summed E-state index contributed by atoms with van der Waals surface area (Å²) in [4.78, 5) is 38.0. The number of hydrogen-bond donors (Lipinski definition) is 2. The summed E-state index contributed by atoms with van der Waals surface area (Å²) in [5, 5.41) is 7.13. The van der Waals surface area contributed by atoms with E-state index < -0.39 is 11.9 Å². The molecule has 10 nitrogen and oxygen atoms in total. The molecule has 2 aromatic heterocycles. The smallest absolute Gasteiger partial charge is 0.356 e. The Morgan fingerprint density at radius 2 is 1.08 bits per heavy atom. The molecule has 0 spiro atoms. The Morgan fingerprint density at radius 1 is 0.711 bits per heavy atom. The predicted octanol–water partition coefficient (Wildman–Crippen LogP) is 1.67. The van der Waals surface area contributed by atoms with Crippen molar-refractivity contribution in [2.45, 2.75) is 39.8 Å². The fourth-order valence-electron chi connectivity index (χ4n) is 4.49. The van der Waals surface area contributed by atoms with Crippen molar-refractivity contribution in [1.82, 2.24) is 30.4 Å². The zero-order valence-corrected chi connectivity index (χ0v) is 23.2. The lowest BCUT2D eigenvalue weighted by atomic mass is 10.1. The molecule has 0 aliphatic carbocycles. The van der Waals surface area contributed by atoms with E-state index in [-0.39, 0.29) is 0 Å². The van der Waals surface area contributed by atoms with Crippen LogP contribution in [0.1, 0.15) is 57.3 Å². The Hall–Kier alpha value is -2.92. The molecule has 1 aliphatic heterocycles. The third kappa shape index (κ3) is 9.13. The number of aromatic nitrogens is 2. The highest BCUT2D eigenvalue weighted by Gasteiger charge is 2.16. The molecule has 0 bridgehead atoms.